The first-order valence-electron chi connectivity index (χ1n) is 8.58. The second-order valence-electron chi connectivity index (χ2n) is 6.25. The van der Waals surface area contributed by atoms with Gasteiger partial charge in [-0.1, -0.05) is 12.1 Å². The highest BCUT2D eigenvalue weighted by atomic mass is 19.1. The number of ether oxygens (including phenoxy) is 1. The number of nitrogens with zero attached hydrogens (tertiary/aromatic N) is 1. The summed E-state index contributed by atoms with van der Waals surface area (Å²) in [6.07, 6.45) is 0.131. The van der Waals surface area contributed by atoms with Gasteiger partial charge in [0.2, 0.25) is 11.8 Å². The number of carbonyl (C=O) groups excluding carboxylic acids is 2. The molecule has 1 aliphatic rings. The van der Waals surface area contributed by atoms with Gasteiger partial charge in [0.25, 0.3) is 0 Å². The van der Waals surface area contributed by atoms with Gasteiger partial charge in [-0.3, -0.25) is 9.59 Å². The van der Waals surface area contributed by atoms with E-state index in [9.17, 15) is 14.0 Å². The number of halogens is 1. The number of anilines is 2. The smallest absolute Gasteiger partial charge is 0.229 e. The van der Waals surface area contributed by atoms with Gasteiger partial charge < -0.3 is 15.0 Å². The molecule has 0 saturated carbocycles. The van der Waals surface area contributed by atoms with E-state index in [4.69, 9.17) is 4.74 Å². The summed E-state index contributed by atoms with van der Waals surface area (Å²) < 4.78 is 18.8. The standard InChI is InChI=1S/C20H21FN2O3/c1-3-26-18-7-5-4-6-17(18)23-12-14(11-19(23)24)20(25)22-16-9-8-15(21)10-13(16)2/h4-10,14H,3,11-12H2,1-2H3,(H,22,25). The fourth-order valence-electron chi connectivity index (χ4n) is 3.08. The van der Waals surface area contributed by atoms with Crippen LogP contribution in [0.1, 0.15) is 18.9 Å². The molecule has 2 aromatic carbocycles. The summed E-state index contributed by atoms with van der Waals surface area (Å²) in [5.41, 5.74) is 1.87. The summed E-state index contributed by atoms with van der Waals surface area (Å²) in [5.74, 6) is -0.562. The zero-order valence-electron chi connectivity index (χ0n) is 14.8. The predicted molar refractivity (Wildman–Crippen MR) is 97.8 cm³/mol. The Kier molecular flexibility index (Phi) is 5.21. The second-order valence-corrected chi connectivity index (χ2v) is 6.25. The zero-order valence-corrected chi connectivity index (χ0v) is 14.8. The minimum absolute atomic E-state index is 0.117. The molecule has 1 saturated heterocycles. The van der Waals surface area contributed by atoms with Crippen molar-refractivity contribution < 1.29 is 18.7 Å². The van der Waals surface area contributed by atoms with Crippen LogP contribution in [0.3, 0.4) is 0 Å². The van der Waals surface area contributed by atoms with Crippen molar-refractivity contribution in [2.24, 2.45) is 5.92 Å². The molecule has 1 atom stereocenters. The minimum atomic E-state index is -0.471. The molecule has 0 aliphatic carbocycles. The van der Waals surface area contributed by atoms with Crippen LogP contribution in [0.4, 0.5) is 15.8 Å². The maximum atomic E-state index is 13.2. The molecule has 26 heavy (non-hydrogen) atoms. The molecule has 1 heterocycles. The van der Waals surface area contributed by atoms with Crippen LogP contribution in [0.2, 0.25) is 0 Å². The van der Waals surface area contributed by atoms with Gasteiger partial charge in [-0.15, -0.1) is 0 Å². The quantitative estimate of drug-likeness (QED) is 0.892. The van der Waals surface area contributed by atoms with Gasteiger partial charge in [0.05, 0.1) is 18.2 Å². The first kappa shape index (κ1) is 17.9. The SMILES string of the molecule is CCOc1ccccc1N1CC(C(=O)Nc2ccc(F)cc2C)CC1=O. The van der Waals surface area contributed by atoms with E-state index < -0.39 is 5.92 Å². The number of rotatable bonds is 5. The Hall–Kier alpha value is -2.89. The first-order chi connectivity index (χ1) is 12.5. The molecule has 0 spiro atoms. The van der Waals surface area contributed by atoms with Gasteiger partial charge >= 0.3 is 0 Å². The van der Waals surface area contributed by atoms with Crippen LogP contribution >= 0.6 is 0 Å². The van der Waals surface area contributed by atoms with Crippen LogP contribution in [-0.2, 0) is 9.59 Å². The van der Waals surface area contributed by atoms with E-state index in [-0.39, 0.29) is 30.6 Å². The molecule has 1 fully saturated rings. The molecule has 0 bridgehead atoms. The lowest BCUT2D eigenvalue weighted by Crippen LogP contribution is -2.28. The fourth-order valence-corrected chi connectivity index (χ4v) is 3.08. The lowest BCUT2D eigenvalue weighted by atomic mass is 10.1. The number of hydrogen-bond acceptors (Lipinski definition) is 3. The second kappa shape index (κ2) is 7.56. The highest BCUT2D eigenvalue weighted by Crippen LogP contribution is 2.33. The Labute approximate surface area is 151 Å². The molecule has 1 aliphatic heterocycles. The Bertz CT molecular complexity index is 838. The summed E-state index contributed by atoms with van der Waals surface area (Å²) in [6.45, 7) is 4.38. The van der Waals surface area contributed by atoms with E-state index in [1.165, 1.54) is 18.2 Å². The molecular formula is C20H21FN2O3. The van der Waals surface area contributed by atoms with E-state index in [1.807, 2.05) is 25.1 Å². The third kappa shape index (κ3) is 3.69. The van der Waals surface area contributed by atoms with Crippen molar-refractivity contribution in [1.29, 1.82) is 0 Å². The molecule has 1 unspecified atom stereocenters. The summed E-state index contributed by atoms with van der Waals surface area (Å²) in [7, 11) is 0. The average molecular weight is 356 g/mol. The van der Waals surface area contributed by atoms with E-state index in [0.29, 0.717) is 29.3 Å². The molecule has 6 heteroatoms. The number of benzene rings is 2. The van der Waals surface area contributed by atoms with Crippen LogP contribution in [0.5, 0.6) is 5.75 Å². The van der Waals surface area contributed by atoms with Gasteiger partial charge in [0.1, 0.15) is 11.6 Å². The van der Waals surface area contributed by atoms with Crippen molar-refractivity contribution in [3.05, 3.63) is 53.8 Å². The minimum Gasteiger partial charge on any atom is -0.492 e. The number of amides is 2. The topological polar surface area (TPSA) is 58.6 Å². The fraction of sp³-hybridized carbons (Fsp3) is 0.300. The van der Waals surface area contributed by atoms with Crippen molar-refractivity contribution >= 4 is 23.2 Å². The summed E-state index contributed by atoms with van der Waals surface area (Å²) in [4.78, 5) is 26.6. The molecular weight excluding hydrogens is 335 g/mol. The monoisotopic (exact) mass is 356 g/mol. The van der Waals surface area contributed by atoms with E-state index in [0.717, 1.165) is 0 Å². The Morgan fingerprint density at radius 1 is 1.31 bits per heavy atom. The van der Waals surface area contributed by atoms with Crippen molar-refractivity contribution in [2.75, 3.05) is 23.4 Å². The number of nitrogens with one attached hydrogen (secondary N) is 1. The number of aryl methyl sites for hydroxylation is 1. The molecule has 0 aromatic heterocycles. The molecule has 5 nitrogen and oxygen atoms in total. The van der Waals surface area contributed by atoms with Crippen LogP contribution < -0.4 is 15.0 Å². The summed E-state index contributed by atoms with van der Waals surface area (Å²) >= 11 is 0. The van der Waals surface area contributed by atoms with Crippen LogP contribution in [0.25, 0.3) is 0 Å². The third-order valence-electron chi connectivity index (χ3n) is 4.40. The van der Waals surface area contributed by atoms with Gasteiger partial charge in [-0.2, -0.15) is 0 Å². The van der Waals surface area contributed by atoms with E-state index >= 15 is 0 Å². The average Bonchev–Trinajstić information content (AvgIpc) is 3.00. The molecule has 3 rings (SSSR count). The van der Waals surface area contributed by atoms with Crippen LogP contribution in [0, 0.1) is 18.7 Å². The number of para-hydroxylation sites is 2. The molecule has 2 amide bonds. The molecule has 2 aromatic rings. The Morgan fingerprint density at radius 3 is 2.81 bits per heavy atom. The Balaban J connectivity index is 1.74. The Morgan fingerprint density at radius 2 is 2.08 bits per heavy atom. The lowest BCUT2D eigenvalue weighted by Gasteiger charge is -2.20. The summed E-state index contributed by atoms with van der Waals surface area (Å²) in [5, 5.41) is 2.80. The van der Waals surface area contributed by atoms with Gasteiger partial charge in [0, 0.05) is 18.7 Å². The van der Waals surface area contributed by atoms with Crippen molar-refractivity contribution in [2.45, 2.75) is 20.3 Å². The lowest BCUT2D eigenvalue weighted by molar-refractivity contribution is -0.122. The first-order valence-corrected chi connectivity index (χ1v) is 8.58. The largest absolute Gasteiger partial charge is 0.492 e. The van der Waals surface area contributed by atoms with Gasteiger partial charge in [-0.05, 0) is 49.7 Å². The highest BCUT2D eigenvalue weighted by Gasteiger charge is 2.36. The molecule has 136 valence electrons. The third-order valence-corrected chi connectivity index (χ3v) is 4.40. The van der Waals surface area contributed by atoms with Crippen molar-refractivity contribution in [3.63, 3.8) is 0 Å². The maximum Gasteiger partial charge on any atom is 0.229 e. The van der Waals surface area contributed by atoms with E-state index in [2.05, 4.69) is 5.32 Å². The summed E-state index contributed by atoms with van der Waals surface area (Å²) in [6, 6.07) is 11.5. The van der Waals surface area contributed by atoms with Gasteiger partial charge in [0.15, 0.2) is 0 Å². The normalized spacial score (nSPS) is 16.7. The van der Waals surface area contributed by atoms with Crippen LogP contribution in [-0.4, -0.2) is 25.0 Å². The molecule has 0 radical (unpaired) electrons. The predicted octanol–water partition coefficient (Wildman–Crippen LogP) is 3.52. The van der Waals surface area contributed by atoms with Gasteiger partial charge in [-0.25, -0.2) is 4.39 Å². The maximum absolute atomic E-state index is 13.2. The van der Waals surface area contributed by atoms with E-state index in [1.54, 1.807) is 17.9 Å². The molecule has 1 N–H and O–H groups in total. The van der Waals surface area contributed by atoms with Crippen molar-refractivity contribution in [1.82, 2.24) is 0 Å². The van der Waals surface area contributed by atoms with Crippen LogP contribution in [0.15, 0.2) is 42.5 Å². The zero-order chi connectivity index (χ0) is 18.7. The highest BCUT2D eigenvalue weighted by molar-refractivity contribution is 6.04. The number of carbonyl (C=O) groups is 2. The van der Waals surface area contributed by atoms with Crippen molar-refractivity contribution in [3.8, 4) is 5.75 Å². The number of hydrogen-bond donors (Lipinski definition) is 1.